The van der Waals surface area contributed by atoms with Crippen LogP contribution in [0.1, 0.15) is 15.9 Å². The zero-order chi connectivity index (χ0) is 23.3. The minimum absolute atomic E-state index is 0.198. The highest BCUT2D eigenvalue weighted by atomic mass is 35.5. The maximum atomic E-state index is 12.9. The Bertz CT molecular complexity index is 1250. The van der Waals surface area contributed by atoms with Gasteiger partial charge in [0, 0.05) is 22.2 Å². The van der Waals surface area contributed by atoms with Crippen LogP contribution in [0.2, 0.25) is 5.02 Å². The summed E-state index contributed by atoms with van der Waals surface area (Å²) in [5, 5.41) is 2.96. The Morgan fingerprint density at radius 1 is 1.00 bits per heavy atom. The number of carbonyl (C=O) groups is 2. The number of nitrogens with one attached hydrogen (secondary N) is 1. The lowest BCUT2D eigenvalue weighted by Gasteiger charge is -2.22. The van der Waals surface area contributed by atoms with Gasteiger partial charge >= 0.3 is 0 Å². The summed E-state index contributed by atoms with van der Waals surface area (Å²) in [6, 6.07) is 19.4. The molecule has 1 N–H and O–H groups in total. The number of carbonyl (C=O) groups excluding carboxylic acids is 2. The molecule has 0 aromatic heterocycles. The average Bonchev–Trinajstić information content (AvgIpc) is 2.78. The number of ether oxygens (including phenoxy) is 1. The Balaban J connectivity index is 1.88. The molecule has 0 aliphatic rings. The van der Waals surface area contributed by atoms with E-state index in [1.807, 2.05) is 0 Å². The van der Waals surface area contributed by atoms with Gasteiger partial charge in [-0.05, 0) is 30.3 Å². The van der Waals surface area contributed by atoms with Crippen molar-refractivity contribution in [3.8, 4) is 5.75 Å². The molecule has 0 fully saturated rings. The van der Waals surface area contributed by atoms with Crippen LogP contribution in [0.25, 0.3) is 0 Å². The van der Waals surface area contributed by atoms with E-state index in [4.69, 9.17) is 16.3 Å². The van der Waals surface area contributed by atoms with E-state index < -0.39 is 22.5 Å². The second kappa shape index (κ2) is 9.84. The van der Waals surface area contributed by atoms with Crippen molar-refractivity contribution in [3.63, 3.8) is 0 Å². The molecule has 0 saturated carbocycles. The number of nitrogens with zero attached hydrogens (tertiary/aromatic N) is 1. The van der Waals surface area contributed by atoms with E-state index in [0.717, 1.165) is 10.6 Å². The van der Waals surface area contributed by atoms with Crippen LogP contribution in [0, 0.1) is 0 Å². The third-order valence-corrected chi connectivity index (χ3v) is 5.94. The number of anilines is 2. The van der Waals surface area contributed by atoms with Crippen molar-refractivity contribution in [3.05, 3.63) is 88.9 Å². The SMILES string of the molecule is COc1cccc(N(CC(=O)Nc2ccc(Cl)cc2C(=O)c2ccccc2)S(C)(=O)=O)c1. The Kier molecular flexibility index (Phi) is 7.17. The van der Waals surface area contributed by atoms with Crippen LogP contribution >= 0.6 is 11.6 Å². The molecular formula is C23H21ClN2O5S. The zero-order valence-corrected chi connectivity index (χ0v) is 19.0. The number of hydrogen-bond donors (Lipinski definition) is 1. The molecule has 0 heterocycles. The molecule has 7 nitrogen and oxygen atoms in total. The summed E-state index contributed by atoms with van der Waals surface area (Å²) in [6.07, 6.45) is 1.01. The minimum Gasteiger partial charge on any atom is -0.497 e. The predicted octanol–water partition coefficient (Wildman–Crippen LogP) is 3.98. The normalized spacial score (nSPS) is 11.0. The molecule has 0 unspecified atom stereocenters. The molecule has 3 aromatic rings. The fourth-order valence-electron chi connectivity index (χ4n) is 3.04. The Morgan fingerprint density at radius 3 is 2.38 bits per heavy atom. The quantitative estimate of drug-likeness (QED) is 0.500. The topological polar surface area (TPSA) is 92.8 Å². The van der Waals surface area contributed by atoms with Gasteiger partial charge in [0.1, 0.15) is 12.3 Å². The van der Waals surface area contributed by atoms with Gasteiger partial charge in [-0.2, -0.15) is 0 Å². The van der Waals surface area contributed by atoms with E-state index in [1.165, 1.54) is 31.4 Å². The van der Waals surface area contributed by atoms with Crippen molar-refractivity contribution in [2.75, 3.05) is 29.5 Å². The van der Waals surface area contributed by atoms with Crippen LogP contribution in [-0.2, 0) is 14.8 Å². The molecule has 0 aliphatic carbocycles. The van der Waals surface area contributed by atoms with Crippen LogP contribution in [0.5, 0.6) is 5.75 Å². The summed E-state index contributed by atoms with van der Waals surface area (Å²) in [5.74, 6) is -0.496. The van der Waals surface area contributed by atoms with Gasteiger partial charge in [0.25, 0.3) is 0 Å². The lowest BCUT2D eigenvalue weighted by atomic mass is 10.0. The lowest BCUT2D eigenvalue weighted by molar-refractivity contribution is -0.114. The van der Waals surface area contributed by atoms with Gasteiger partial charge in [0.05, 0.1) is 24.7 Å². The monoisotopic (exact) mass is 472 g/mol. The molecule has 3 rings (SSSR count). The van der Waals surface area contributed by atoms with E-state index in [-0.39, 0.29) is 22.7 Å². The van der Waals surface area contributed by atoms with Gasteiger partial charge in [-0.1, -0.05) is 48.0 Å². The van der Waals surface area contributed by atoms with Crippen LogP contribution < -0.4 is 14.4 Å². The molecule has 0 saturated heterocycles. The fraction of sp³-hybridized carbons (Fsp3) is 0.130. The summed E-state index contributed by atoms with van der Waals surface area (Å²) >= 11 is 6.07. The highest BCUT2D eigenvalue weighted by Gasteiger charge is 2.23. The van der Waals surface area contributed by atoms with Gasteiger partial charge in [0.15, 0.2) is 5.78 Å². The fourth-order valence-corrected chi connectivity index (χ4v) is 4.06. The van der Waals surface area contributed by atoms with Crippen molar-refractivity contribution in [1.82, 2.24) is 0 Å². The second-order valence-corrected chi connectivity index (χ2v) is 9.25. The van der Waals surface area contributed by atoms with E-state index in [1.54, 1.807) is 48.5 Å². The molecule has 1 amide bonds. The van der Waals surface area contributed by atoms with Gasteiger partial charge in [-0.15, -0.1) is 0 Å². The molecule has 0 atom stereocenters. The first-order valence-electron chi connectivity index (χ1n) is 9.50. The lowest BCUT2D eigenvalue weighted by Crippen LogP contribution is -2.37. The summed E-state index contributed by atoms with van der Waals surface area (Å²) in [6.45, 7) is -0.492. The first kappa shape index (κ1) is 23.3. The largest absolute Gasteiger partial charge is 0.497 e. The average molecular weight is 473 g/mol. The maximum absolute atomic E-state index is 12.9. The predicted molar refractivity (Wildman–Crippen MR) is 125 cm³/mol. The van der Waals surface area contributed by atoms with Crippen LogP contribution in [0.15, 0.2) is 72.8 Å². The van der Waals surface area contributed by atoms with Crippen LogP contribution in [0.4, 0.5) is 11.4 Å². The van der Waals surface area contributed by atoms with Gasteiger partial charge in [-0.3, -0.25) is 13.9 Å². The van der Waals surface area contributed by atoms with Gasteiger partial charge in [-0.25, -0.2) is 8.42 Å². The number of hydrogen-bond acceptors (Lipinski definition) is 5. The number of amides is 1. The Hall–Kier alpha value is -3.36. The van der Waals surface area contributed by atoms with Gasteiger partial charge < -0.3 is 10.1 Å². The third kappa shape index (κ3) is 5.66. The van der Waals surface area contributed by atoms with Crippen molar-refractivity contribution < 1.29 is 22.7 Å². The highest BCUT2D eigenvalue weighted by molar-refractivity contribution is 7.92. The van der Waals surface area contributed by atoms with Crippen molar-refractivity contribution in [1.29, 1.82) is 0 Å². The molecule has 0 bridgehead atoms. The van der Waals surface area contributed by atoms with E-state index in [2.05, 4.69) is 5.32 Å². The summed E-state index contributed by atoms with van der Waals surface area (Å²) in [7, 11) is -2.32. The van der Waals surface area contributed by atoms with Crippen LogP contribution in [0.3, 0.4) is 0 Å². The molecular weight excluding hydrogens is 452 g/mol. The number of halogens is 1. The van der Waals surface area contributed by atoms with Crippen molar-refractivity contribution in [2.24, 2.45) is 0 Å². The number of sulfonamides is 1. The standard InChI is InChI=1S/C23H21ClN2O5S/c1-31-19-10-6-9-18(14-19)26(32(2,29)30)15-22(27)25-21-12-11-17(24)13-20(21)23(28)16-7-4-3-5-8-16/h3-14H,15H2,1-2H3,(H,25,27). The molecule has 0 aliphatic heterocycles. The van der Waals surface area contributed by atoms with E-state index in [0.29, 0.717) is 16.3 Å². The third-order valence-electron chi connectivity index (χ3n) is 4.57. The summed E-state index contributed by atoms with van der Waals surface area (Å²) in [5.41, 5.74) is 1.13. The van der Waals surface area contributed by atoms with E-state index >= 15 is 0 Å². The smallest absolute Gasteiger partial charge is 0.245 e. The highest BCUT2D eigenvalue weighted by Crippen LogP contribution is 2.25. The number of ketones is 1. The number of methoxy groups -OCH3 is 1. The minimum atomic E-state index is -3.78. The van der Waals surface area contributed by atoms with Crippen molar-refractivity contribution >= 4 is 44.7 Å². The van der Waals surface area contributed by atoms with E-state index in [9.17, 15) is 18.0 Å². The Morgan fingerprint density at radius 2 is 1.72 bits per heavy atom. The molecule has 3 aromatic carbocycles. The maximum Gasteiger partial charge on any atom is 0.245 e. The second-order valence-electron chi connectivity index (χ2n) is 6.90. The summed E-state index contributed by atoms with van der Waals surface area (Å²) in [4.78, 5) is 25.7. The molecule has 32 heavy (non-hydrogen) atoms. The van der Waals surface area contributed by atoms with Gasteiger partial charge in [0.2, 0.25) is 15.9 Å². The molecule has 166 valence electrons. The Labute approximate surface area is 191 Å². The molecule has 0 spiro atoms. The first-order chi connectivity index (χ1) is 15.2. The van der Waals surface area contributed by atoms with Crippen LogP contribution in [-0.4, -0.2) is 40.0 Å². The number of benzene rings is 3. The molecule has 0 radical (unpaired) electrons. The first-order valence-corrected chi connectivity index (χ1v) is 11.7. The summed E-state index contributed by atoms with van der Waals surface area (Å²) < 4.78 is 30.8. The molecule has 9 heteroatoms. The zero-order valence-electron chi connectivity index (χ0n) is 17.4. The van der Waals surface area contributed by atoms with Crippen molar-refractivity contribution in [2.45, 2.75) is 0 Å². The number of rotatable bonds is 8.